The van der Waals surface area contributed by atoms with Crippen LogP contribution in [0.3, 0.4) is 0 Å². The first-order chi connectivity index (χ1) is 15.1. The van der Waals surface area contributed by atoms with Crippen LogP contribution in [0.5, 0.6) is 0 Å². The molecule has 0 amide bonds. The van der Waals surface area contributed by atoms with Gasteiger partial charge in [0.1, 0.15) is 12.1 Å². The van der Waals surface area contributed by atoms with Crippen LogP contribution in [-0.2, 0) is 19.6 Å². The molecular weight excluding hydrogens is 464 g/mol. The van der Waals surface area contributed by atoms with E-state index in [1.54, 1.807) is 0 Å². The largest absolute Gasteiger partial charge is 0.458 e. The van der Waals surface area contributed by atoms with Crippen molar-refractivity contribution in [1.29, 1.82) is 0 Å². The first-order valence-electron chi connectivity index (χ1n) is 8.88. The van der Waals surface area contributed by atoms with E-state index >= 15 is 0 Å². The fraction of sp³-hybridized carbons (Fsp3) is 0.100. The topological polar surface area (TPSA) is 131 Å². The minimum atomic E-state index is -4.82. The number of ether oxygens (including phenoxy) is 1. The van der Waals surface area contributed by atoms with Crippen LogP contribution in [-0.4, -0.2) is 35.7 Å². The zero-order chi connectivity index (χ0) is 23.6. The highest BCUT2D eigenvalue weighted by Crippen LogP contribution is 2.18. The molecule has 0 aliphatic rings. The number of esters is 1. The highest BCUT2D eigenvalue weighted by Gasteiger charge is 2.27. The van der Waals surface area contributed by atoms with Gasteiger partial charge < -0.3 is 9.57 Å². The number of aromatic nitrogens is 2. The highest BCUT2D eigenvalue weighted by atomic mass is 35.5. The molecule has 32 heavy (non-hydrogen) atoms. The number of halogens is 1. The SMILES string of the molecule is C=CCOC(=O)c1cccc(S(=O)(=O)n2c(=O)c3ccc(Cl)cc3n(OC(C)=O)c2=O)c1. The van der Waals surface area contributed by atoms with Gasteiger partial charge in [0.2, 0.25) is 0 Å². The molecule has 0 aliphatic heterocycles. The Balaban J connectivity index is 2.30. The van der Waals surface area contributed by atoms with E-state index in [1.807, 2.05) is 0 Å². The molecule has 0 radical (unpaired) electrons. The van der Waals surface area contributed by atoms with Gasteiger partial charge in [0.25, 0.3) is 15.6 Å². The number of fused-ring (bicyclic) bond motifs is 1. The summed E-state index contributed by atoms with van der Waals surface area (Å²) >= 11 is 5.91. The monoisotopic (exact) mass is 478 g/mol. The fourth-order valence-corrected chi connectivity index (χ4v) is 4.27. The molecule has 3 aromatic rings. The number of hydrogen-bond donors (Lipinski definition) is 0. The second-order valence-electron chi connectivity index (χ2n) is 6.31. The van der Waals surface area contributed by atoms with Crippen molar-refractivity contribution in [3.63, 3.8) is 0 Å². The van der Waals surface area contributed by atoms with Crippen molar-refractivity contribution < 1.29 is 27.6 Å². The van der Waals surface area contributed by atoms with Gasteiger partial charge in [0, 0.05) is 11.9 Å². The van der Waals surface area contributed by atoms with E-state index in [4.69, 9.17) is 21.2 Å². The van der Waals surface area contributed by atoms with Crippen LogP contribution in [0.25, 0.3) is 10.9 Å². The predicted molar refractivity (Wildman–Crippen MR) is 114 cm³/mol. The van der Waals surface area contributed by atoms with Crippen LogP contribution in [0.1, 0.15) is 17.3 Å². The quantitative estimate of drug-likeness (QED) is 0.383. The Kier molecular flexibility index (Phi) is 6.32. The average molecular weight is 479 g/mol. The van der Waals surface area contributed by atoms with Gasteiger partial charge in [-0.2, -0.15) is 0 Å². The summed E-state index contributed by atoms with van der Waals surface area (Å²) in [5.41, 5.74) is -2.98. The molecule has 10 nitrogen and oxygen atoms in total. The van der Waals surface area contributed by atoms with Crippen molar-refractivity contribution in [2.75, 3.05) is 6.61 Å². The van der Waals surface area contributed by atoms with Gasteiger partial charge in [0.05, 0.1) is 15.8 Å². The molecule has 1 aromatic heterocycles. The van der Waals surface area contributed by atoms with E-state index in [1.165, 1.54) is 36.4 Å². The normalized spacial score (nSPS) is 11.2. The van der Waals surface area contributed by atoms with Crippen molar-refractivity contribution in [2.45, 2.75) is 11.8 Å². The summed E-state index contributed by atoms with van der Waals surface area (Å²) in [5, 5.41) is -0.135. The summed E-state index contributed by atoms with van der Waals surface area (Å²) in [6, 6.07) is 8.26. The highest BCUT2D eigenvalue weighted by molar-refractivity contribution is 7.90. The van der Waals surface area contributed by atoms with Crippen molar-refractivity contribution >= 4 is 44.5 Å². The molecule has 0 bridgehead atoms. The Morgan fingerprint density at radius 1 is 1.16 bits per heavy atom. The van der Waals surface area contributed by atoms with Crippen molar-refractivity contribution in [2.24, 2.45) is 0 Å². The lowest BCUT2D eigenvalue weighted by molar-refractivity contribution is -0.141. The Morgan fingerprint density at radius 3 is 2.53 bits per heavy atom. The van der Waals surface area contributed by atoms with Crippen LogP contribution < -0.4 is 16.1 Å². The molecule has 0 unspecified atom stereocenters. The van der Waals surface area contributed by atoms with Crippen LogP contribution in [0.4, 0.5) is 0 Å². The van der Waals surface area contributed by atoms with E-state index in [-0.39, 0.29) is 32.1 Å². The third-order valence-electron chi connectivity index (χ3n) is 4.10. The minimum Gasteiger partial charge on any atom is -0.458 e. The summed E-state index contributed by atoms with van der Waals surface area (Å²) in [6.07, 6.45) is 1.33. The number of carbonyl (C=O) groups excluding carboxylic acids is 2. The van der Waals surface area contributed by atoms with Gasteiger partial charge in [0.15, 0.2) is 0 Å². The van der Waals surface area contributed by atoms with Crippen LogP contribution >= 0.6 is 11.6 Å². The molecular formula is C20H15ClN2O8S. The van der Waals surface area contributed by atoms with Crippen molar-refractivity contribution in [3.05, 3.63) is 86.5 Å². The van der Waals surface area contributed by atoms with Gasteiger partial charge in [-0.05, 0) is 36.4 Å². The Hall–Kier alpha value is -3.70. The third-order valence-corrected chi connectivity index (χ3v) is 5.99. The second kappa shape index (κ2) is 8.81. The zero-order valence-electron chi connectivity index (χ0n) is 16.5. The fourth-order valence-electron chi connectivity index (χ4n) is 2.77. The summed E-state index contributed by atoms with van der Waals surface area (Å²) in [5.74, 6) is -1.78. The van der Waals surface area contributed by atoms with Gasteiger partial charge in [-0.15, -0.1) is 8.70 Å². The average Bonchev–Trinajstić information content (AvgIpc) is 2.74. The summed E-state index contributed by atoms with van der Waals surface area (Å²) < 4.78 is 31.6. The Labute approximate surface area is 185 Å². The molecule has 0 saturated heterocycles. The maximum Gasteiger partial charge on any atom is 0.379 e. The number of benzene rings is 2. The minimum absolute atomic E-state index is 0.0552. The van der Waals surface area contributed by atoms with E-state index in [0.717, 1.165) is 19.1 Å². The number of carbonyl (C=O) groups is 2. The number of hydrogen-bond acceptors (Lipinski definition) is 8. The molecule has 0 saturated carbocycles. The molecule has 3 rings (SSSR count). The maximum absolute atomic E-state index is 13.2. The second-order valence-corrected chi connectivity index (χ2v) is 8.53. The summed E-state index contributed by atoms with van der Waals surface area (Å²) in [7, 11) is -4.82. The van der Waals surface area contributed by atoms with E-state index in [9.17, 15) is 27.6 Å². The summed E-state index contributed by atoms with van der Waals surface area (Å²) in [4.78, 5) is 53.8. The number of nitrogens with zero attached hydrogens (tertiary/aromatic N) is 2. The van der Waals surface area contributed by atoms with Crippen LogP contribution in [0, 0.1) is 0 Å². The third kappa shape index (κ3) is 4.20. The molecule has 12 heteroatoms. The first-order valence-corrected chi connectivity index (χ1v) is 10.7. The lowest BCUT2D eigenvalue weighted by Gasteiger charge is -2.13. The van der Waals surface area contributed by atoms with Gasteiger partial charge in [-0.25, -0.2) is 22.8 Å². The Morgan fingerprint density at radius 2 is 1.88 bits per heavy atom. The molecule has 1 heterocycles. The van der Waals surface area contributed by atoms with E-state index in [0.29, 0.717) is 4.73 Å². The standard InChI is InChI=1S/C20H15ClN2O8S/c1-3-9-30-19(26)13-5-4-6-15(10-13)32(28,29)23-18(25)16-8-7-14(21)11-17(16)22(20(23)27)31-12(2)24/h3-8,10-11H,1,9H2,2H3. The van der Waals surface area contributed by atoms with Crippen molar-refractivity contribution in [1.82, 2.24) is 8.70 Å². The smallest absolute Gasteiger partial charge is 0.379 e. The lowest BCUT2D eigenvalue weighted by atomic mass is 10.2. The van der Waals surface area contributed by atoms with E-state index < -0.39 is 38.1 Å². The molecule has 0 N–H and O–H groups in total. The zero-order valence-corrected chi connectivity index (χ0v) is 18.1. The molecule has 2 aromatic carbocycles. The maximum atomic E-state index is 13.2. The Bertz CT molecular complexity index is 1490. The molecule has 166 valence electrons. The van der Waals surface area contributed by atoms with Crippen LogP contribution in [0.2, 0.25) is 5.02 Å². The molecule has 0 spiro atoms. The number of rotatable bonds is 6. The molecule has 0 atom stereocenters. The van der Waals surface area contributed by atoms with Crippen molar-refractivity contribution in [3.8, 4) is 0 Å². The van der Waals surface area contributed by atoms with Gasteiger partial charge in [-0.3, -0.25) is 4.79 Å². The summed E-state index contributed by atoms with van der Waals surface area (Å²) in [6.45, 7) is 4.30. The van der Waals surface area contributed by atoms with Gasteiger partial charge in [-0.1, -0.05) is 30.3 Å². The predicted octanol–water partition coefficient (Wildman–Crippen LogP) is 1.37. The van der Waals surface area contributed by atoms with Gasteiger partial charge >= 0.3 is 17.6 Å². The molecule has 0 fully saturated rings. The van der Waals surface area contributed by atoms with Crippen LogP contribution in [0.15, 0.2) is 69.6 Å². The molecule has 0 aliphatic carbocycles. The first kappa shape index (κ1) is 23.0. The lowest BCUT2D eigenvalue weighted by Crippen LogP contribution is -2.46. The van der Waals surface area contributed by atoms with E-state index in [2.05, 4.69) is 6.58 Å².